The second kappa shape index (κ2) is 6.77. The predicted molar refractivity (Wildman–Crippen MR) is 95.2 cm³/mol. The molecule has 3 rings (SSSR count). The Balaban J connectivity index is 1.67. The van der Waals surface area contributed by atoms with Crippen molar-refractivity contribution in [2.75, 3.05) is 13.1 Å². The second-order valence-corrected chi connectivity index (χ2v) is 7.07. The summed E-state index contributed by atoms with van der Waals surface area (Å²) in [6, 6.07) is 8.64. The molecule has 0 aliphatic carbocycles. The lowest BCUT2D eigenvalue weighted by molar-refractivity contribution is 0.0939. The minimum atomic E-state index is -0.128. The average Bonchev–Trinajstić information content (AvgIpc) is 3.04. The topological polar surface area (TPSA) is 69.8 Å². The third-order valence-corrected chi connectivity index (χ3v) is 4.86. The highest BCUT2D eigenvalue weighted by Crippen LogP contribution is 2.23. The van der Waals surface area contributed by atoms with E-state index in [4.69, 9.17) is 0 Å². The van der Waals surface area contributed by atoms with Crippen molar-refractivity contribution in [1.82, 2.24) is 20.8 Å². The molecule has 0 fully saturated rings. The standard InChI is InChI=1S/C19H26N4O/c1-4-13-5-7-14(8-6-13)19(2,3)12-21-18(24)17-15-11-20-10-9-16(15)22-23-17/h5-8,20H,4,9-12H2,1-3H3,(H,21,24)(H,22,23). The van der Waals surface area contributed by atoms with E-state index < -0.39 is 0 Å². The molecule has 1 amide bonds. The summed E-state index contributed by atoms with van der Waals surface area (Å²) in [6.07, 6.45) is 1.93. The molecule has 0 unspecified atom stereocenters. The number of carbonyl (C=O) groups is 1. The van der Waals surface area contributed by atoms with Crippen LogP contribution in [0, 0.1) is 0 Å². The van der Waals surface area contributed by atoms with Crippen LogP contribution in [0.5, 0.6) is 0 Å². The zero-order chi connectivity index (χ0) is 17.2. The Kier molecular flexibility index (Phi) is 4.71. The number of carbonyl (C=O) groups excluding carboxylic acids is 1. The molecule has 2 heterocycles. The van der Waals surface area contributed by atoms with Crippen LogP contribution in [0.25, 0.3) is 0 Å². The van der Waals surface area contributed by atoms with E-state index in [2.05, 4.69) is 65.9 Å². The van der Waals surface area contributed by atoms with Crippen LogP contribution < -0.4 is 10.6 Å². The Morgan fingerprint density at radius 1 is 1.29 bits per heavy atom. The zero-order valence-electron chi connectivity index (χ0n) is 14.7. The van der Waals surface area contributed by atoms with Crippen LogP contribution in [0.3, 0.4) is 0 Å². The maximum Gasteiger partial charge on any atom is 0.272 e. The highest BCUT2D eigenvalue weighted by molar-refractivity contribution is 5.94. The lowest BCUT2D eigenvalue weighted by atomic mass is 9.84. The normalized spacial score (nSPS) is 14.3. The molecule has 0 spiro atoms. The first kappa shape index (κ1) is 16.7. The van der Waals surface area contributed by atoms with Gasteiger partial charge in [0.15, 0.2) is 5.69 Å². The summed E-state index contributed by atoms with van der Waals surface area (Å²) < 4.78 is 0. The largest absolute Gasteiger partial charge is 0.350 e. The molecule has 24 heavy (non-hydrogen) atoms. The number of nitrogens with zero attached hydrogens (tertiary/aromatic N) is 1. The van der Waals surface area contributed by atoms with Gasteiger partial charge in [-0.3, -0.25) is 9.89 Å². The number of nitrogens with one attached hydrogen (secondary N) is 3. The number of amides is 1. The van der Waals surface area contributed by atoms with Crippen molar-refractivity contribution in [2.45, 2.75) is 45.6 Å². The number of H-pyrrole nitrogens is 1. The molecule has 1 aromatic heterocycles. The summed E-state index contributed by atoms with van der Waals surface area (Å²) in [5.74, 6) is -0.102. The summed E-state index contributed by atoms with van der Waals surface area (Å²) in [5, 5.41) is 13.6. The van der Waals surface area contributed by atoms with Crippen molar-refractivity contribution in [1.29, 1.82) is 0 Å². The maximum atomic E-state index is 12.5. The minimum absolute atomic E-state index is 0.102. The van der Waals surface area contributed by atoms with Crippen molar-refractivity contribution in [2.24, 2.45) is 0 Å². The molecule has 0 bridgehead atoms. The van der Waals surface area contributed by atoms with E-state index >= 15 is 0 Å². The van der Waals surface area contributed by atoms with Gasteiger partial charge in [-0.15, -0.1) is 0 Å². The van der Waals surface area contributed by atoms with Crippen LogP contribution in [-0.2, 0) is 24.8 Å². The van der Waals surface area contributed by atoms with Gasteiger partial charge in [-0.25, -0.2) is 0 Å². The van der Waals surface area contributed by atoms with Crippen LogP contribution in [0.2, 0.25) is 0 Å². The van der Waals surface area contributed by atoms with Crippen molar-refractivity contribution in [3.8, 4) is 0 Å². The molecule has 1 aromatic carbocycles. The number of aryl methyl sites for hydroxylation is 1. The third kappa shape index (κ3) is 3.36. The summed E-state index contributed by atoms with van der Waals surface area (Å²) in [6.45, 7) is 8.66. The van der Waals surface area contributed by atoms with Crippen LogP contribution >= 0.6 is 0 Å². The first-order valence-corrected chi connectivity index (χ1v) is 8.65. The van der Waals surface area contributed by atoms with Crippen molar-refractivity contribution in [3.05, 3.63) is 52.3 Å². The van der Waals surface area contributed by atoms with Gasteiger partial charge >= 0.3 is 0 Å². The first-order chi connectivity index (χ1) is 11.5. The number of fused-ring (bicyclic) bond motifs is 1. The van der Waals surface area contributed by atoms with Gasteiger partial charge in [0, 0.05) is 42.7 Å². The lowest BCUT2D eigenvalue weighted by Crippen LogP contribution is -2.37. The fourth-order valence-corrected chi connectivity index (χ4v) is 3.09. The Bertz CT molecular complexity index is 715. The fourth-order valence-electron chi connectivity index (χ4n) is 3.09. The smallest absolute Gasteiger partial charge is 0.272 e. The molecule has 0 saturated heterocycles. The van der Waals surface area contributed by atoms with E-state index in [1.54, 1.807) is 0 Å². The number of aromatic amines is 1. The summed E-state index contributed by atoms with van der Waals surface area (Å²) >= 11 is 0. The molecule has 0 saturated carbocycles. The van der Waals surface area contributed by atoms with E-state index in [0.717, 1.165) is 30.6 Å². The van der Waals surface area contributed by atoms with Crippen molar-refractivity contribution < 1.29 is 4.79 Å². The molecule has 0 radical (unpaired) electrons. The van der Waals surface area contributed by atoms with Gasteiger partial charge in [-0.05, 0) is 17.5 Å². The number of benzene rings is 1. The molecule has 3 N–H and O–H groups in total. The van der Waals surface area contributed by atoms with Gasteiger partial charge in [0.1, 0.15) is 0 Å². The van der Waals surface area contributed by atoms with E-state index in [0.29, 0.717) is 18.8 Å². The monoisotopic (exact) mass is 326 g/mol. The molecular formula is C19H26N4O. The van der Waals surface area contributed by atoms with Crippen LogP contribution in [-0.4, -0.2) is 29.2 Å². The van der Waals surface area contributed by atoms with E-state index in [1.165, 1.54) is 11.1 Å². The third-order valence-electron chi connectivity index (χ3n) is 4.86. The van der Waals surface area contributed by atoms with Gasteiger partial charge < -0.3 is 10.6 Å². The van der Waals surface area contributed by atoms with Crippen LogP contribution in [0.15, 0.2) is 24.3 Å². The highest BCUT2D eigenvalue weighted by atomic mass is 16.1. The predicted octanol–water partition coefficient (Wildman–Crippen LogP) is 2.33. The molecule has 5 nitrogen and oxygen atoms in total. The van der Waals surface area contributed by atoms with E-state index in [9.17, 15) is 4.79 Å². The van der Waals surface area contributed by atoms with Crippen LogP contribution in [0.4, 0.5) is 0 Å². The number of rotatable bonds is 5. The SMILES string of the molecule is CCc1ccc(C(C)(C)CNC(=O)c2n[nH]c3c2CNCC3)cc1. The molecule has 5 heteroatoms. The summed E-state index contributed by atoms with van der Waals surface area (Å²) in [4.78, 5) is 12.5. The zero-order valence-corrected chi connectivity index (χ0v) is 14.7. The van der Waals surface area contributed by atoms with E-state index in [1.807, 2.05) is 0 Å². The summed E-state index contributed by atoms with van der Waals surface area (Å²) in [5.41, 5.74) is 5.03. The molecule has 1 aliphatic heterocycles. The molecule has 128 valence electrons. The minimum Gasteiger partial charge on any atom is -0.350 e. The van der Waals surface area contributed by atoms with Gasteiger partial charge in [0.25, 0.3) is 5.91 Å². The molecular weight excluding hydrogens is 300 g/mol. The Hall–Kier alpha value is -2.14. The van der Waals surface area contributed by atoms with Crippen LogP contribution in [0.1, 0.15) is 53.6 Å². The van der Waals surface area contributed by atoms with Gasteiger partial charge in [-0.2, -0.15) is 5.10 Å². The quantitative estimate of drug-likeness (QED) is 0.790. The Morgan fingerprint density at radius 2 is 2.04 bits per heavy atom. The number of hydrogen-bond acceptors (Lipinski definition) is 3. The Labute approximate surface area is 143 Å². The van der Waals surface area contributed by atoms with Gasteiger partial charge in [0.2, 0.25) is 0 Å². The van der Waals surface area contributed by atoms with Gasteiger partial charge in [0.05, 0.1) is 0 Å². The summed E-state index contributed by atoms with van der Waals surface area (Å²) in [7, 11) is 0. The second-order valence-electron chi connectivity index (χ2n) is 7.07. The molecule has 2 aromatic rings. The Morgan fingerprint density at radius 3 is 2.75 bits per heavy atom. The highest BCUT2D eigenvalue weighted by Gasteiger charge is 2.25. The first-order valence-electron chi connectivity index (χ1n) is 8.65. The van der Waals surface area contributed by atoms with E-state index in [-0.39, 0.29) is 11.3 Å². The van der Waals surface area contributed by atoms with Crippen molar-refractivity contribution >= 4 is 5.91 Å². The lowest BCUT2D eigenvalue weighted by Gasteiger charge is -2.26. The average molecular weight is 326 g/mol. The van der Waals surface area contributed by atoms with Crippen molar-refractivity contribution in [3.63, 3.8) is 0 Å². The number of hydrogen-bond donors (Lipinski definition) is 3. The maximum absolute atomic E-state index is 12.5. The molecule has 1 aliphatic rings. The van der Waals surface area contributed by atoms with Gasteiger partial charge in [-0.1, -0.05) is 45.0 Å². The number of aromatic nitrogens is 2. The fraction of sp³-hybridized carbons (Fsp3) is 0.474. The molecule has 0 atom stereocenters.